The van der Waals surface area contributed by atoms with Crippen molar-refractivity contribution in [2.24, 2.45) is 0 Å². The van der Waals surface area contributed by atoms with Gasteiger partial charge in [0.25, 0.3) is 0 Å². The highest BCUT2D eigenvalue weighted by Gasteiger charge is 2.18. The zero-order valence-corrected chi connectivity index (χ0v) is 14.9. The standard InChI is InChI=1S/C18H17N3O3S/c1-12(22)21-18(25)20(14-7-5-4-6-8-14)17(19-21)13-9-10-15(23-2)16(11-13)24-3/h4-11H,1-3H3. The Morgan fingerprint density at radius 2 is 1.72 bits per heavy atom. The van der Waals surface area contributed by atoms with Gasteiger partial charge in [-0.1, -0.05) is 18.2 Å². The van der Waals surface area contributed by atoms with Gasteiger partial charge in [-0.3, -0.25) is 9.36 Å². The van der Waals surface area contributed by atoms with E-state index in [1.165, 1.54) is 11.6 Å². The first-order valence-electron chi connectivity index (χ1n) is 7.57. The van der Waals surface area contributed by atoms with E-state index in [-0.39, 0.29) is 5.91 Å². The minimum atomic E-state index is -0.249. The molecule has 3 aromatic rings. The van der Waals surface area contributed by atoms with Crippen LogP contribution in [0.5, 0.6) is 11.5 Å². The molecule has 0 amide bonds. The van der Waals surface area contributed by atoms with Crippen LogP contribution in [0.3, 0.4) is 0 Å². The number of hydrogen-bond donors (Lipinski definition) is 0. The van der Waals surface area contributed by atoms with E-state index in [2.05, 4.69) is 5.10 Å². The number of benzene rings is 2. The molecule has 0 atom stereocenters. The zero-order valence-electron chi connectivity index (χ0n) is 14.1. The molecule has 0 radical (unpaired) electrons. The molecule has 0 N–H and O–H groups in total. The Morgan fingerprint density at radius 3 is 2.32 bits per heavy atom. The van der Waals surface area contributed by atoms with Gasteiger partial charge in [-0.15, -0.1) is 5.10 Å². The lowest BCUT2D eigenvalue weighted by atomic mass is 10.2. The molecule has 0 aliphatic heterocycles. The molecule has 0 saturated heterocycles. The highest BCUT2D eigenvalue weighted by atomic mass is 32.1. The van der Waals surface area contributed by atoms with E-state index in [1.807, 2.05) is 36.4 Å². The molecule has 0 fully saturated rings. The monoisotopic (exact) mass is 355 g/mol. The highest BCUT2D eigenvalue weighted by molar-refractivity contribution is 7.71. The van der Waals surface area contributed by atoms with Crippen molar-refractivity contribution in [2.45, 2.75) is 6.92 Å². The number of carbonyl (C=O) groups excluding carboxylic acids is 1. The van der Waals surface area contributed by atoms with Gasteiger partial charge in [0.05, 0.1) is 14.2 Å². The van der Waals surface area contributed by atoms with Crippen LogP contribution in [0.4, 0.5) is 0 Å². The molecule has 3 rings (SSSR count). The quantitative estimate of drug-likeness (QED) is 0.667. The fourth-order valence-corrected chi connectivity index (χ4v) is 2.91. The molecule has 0 saturated carbocycles. The van der Waals surface area contributed by atoms with Gasteiger partial charge in [0.1, 0.15) is 0 Å². The average molecular weight is 355 g/mol. The van der Waals surface area contributed by atoms with Gasteiger partial charge in [-0.05, 0) is 42.5 Å². The summed E-state index contributed by atoms with van der Waals surface area (Å²) in [5.74, 6) is 1.48. The van der Waals surface area contributed by atoms with Crippen molar-refractivity contribution in [2.75, 3.05) is 14.2 Å². The minimum absolute atomic E-state index is 0.249. The minimum Gasteiger partial charge on any atom is -0.493 e. The van der Waals surface area contributed by atoms with Crippen LogP contribution < -0.4 is 9.47 Å². The lowest BCUT2D eigenvalue weighted by Gasteiger charge is -2.10. The van der Waals surface area contributed by atoms with Crippen LogP contribution in [-0.2, 0) is 0 Å². The van der Waals surface area contributed by atoms with Crippen molar-refractivity contribution in [1.29, 1.82) is 0 Å². The van der Waals surface area contributed by atoms with Gasteiger partial charge in [0.2, 0.25) is 10.7 Å². The summed E-state index contributed by atoms with van der Waals surface area (Å²) in [6.07, 6.45) is 0. The number of methoxy groups -OCH3 is 2. The molecule has 0 unspecified atom stereocenters. The van der Waals surface area contributed by atoms with Crippen molar-refractivity contribution in [1.82, 2.24) is 14.3 Å². The summed E-state index contributed by atoms with van der Waals surface area (Å²) in [6, 6.07) is 15.0. The first kappa shape index (κ1) is 16.9. The van der Waals surface area contributed by atoms with Crippen molar-refractivity contribution in [3.63, 3.8) is 0 Å². The largest absolute Gasteiger partial charge is 0.493 e. The van der Waals surface area contributed by atoms with Crippen LogP contribution in [0.1, 0.15) is 11.7 Å². The highest BCUT2D eigenvalue weighted by Crippen LogP contribution is 2.32. The van der Waals surface area contributed by atoms with Crippen LogP contribution in [0.15, 0.2) is 48.5 Å². The molecular formula is C18H17N3O3S. The Bertz CT molecular complexity index is 977. The van der Waals surface area contributed by atoms with Gasteiger partial charge in [-0.2, -0.15) is 4.68 Å². The fraction of sp³-hybridized carbons (Fsp3) is 0.167. The number of ether oxygens (including phenoxy) is 2. The van der Waals surface area contributed by atoms with Crippen LogP contribution in [0.25, 0.3) is 17.1 Å². The second-order valence-corrected chi connectivity index (χ2v) is 5.64. The van der Waals surface area contributed by atoms with Crippen LogP contribution in [-0.4, -0.2) is 34.5 Å². The molecular weight excluding hydrogens is 338 g/mol. The summed E-state index contributed by atoms with van der Waals surface area (Å²) in [4.78, 5) is 11.9. The Labute approximate surface area is 150 Å². The molecule has 0 bridgehead atoms. The van der Waals surface area contributed by atoms with Crippen molar-refractivity contribution in [3.05, 3.63) is 53.3 Å². The van der Waals surface area contributed by atoms with Crippen molar-refractivity contribution in [3.8, 4) is 28.6 Å². The van der Waals surface area contributed by atoms with E-state index in [0.717, 1.165) is 11.3 Å². The molecule has 128 valence electrons. The number of rotatable bonds is 4. The molecule has 0 aliphatic rings. The zero-order chi connectivity index (χ0) is 18.0. The third-order valence-electron chi connectivity index (χ3n) is 3.73. The summed E-state index contributed by atoms with van der Waals surface area (Å²) >= 11 is 5.47. The van der Waals surface area contributed by atoms with E-state index in [1.54, 1.807) is 30.9 Å². The SMILES string of the molecule is COc1ccc(-c2nn(C(C)=O)c(=S)n2-c2ccccc2)cc1OC. The van der Waals surface area contributed by atoms with Gasteiger partial charge in [0, 0.05) is 18.2 Å². The summed E-state index contributed by atoms with van der Waals surface area (Å²) in [6.45, 7) is 1.43. The van der Waals surface area contributed by atoms with Crippen molar-refractivity contribution >= 4 is 18.1 Å². The Hall–Kier alpha value is -2.93. The molecule has 0 spiro atoms. The Balaban J connectivity index is 2.28. The first-order chi connectivity index (χ1) is 12.1. The van der Waals surface area contributed by atoms with E-state index in [4.69, 9.17) is 21.7 Å². The third-order valence-corrected chi connectivity index (χ3v) is 4.09. The van der Waals surface area contributed by atoms with Crippen LogP contribution in [0, 0.1) is 4.77 Å². The van der Waals surface area contributed by atoms with E-state index in [9.17, 15) is 4.79 Å². The summed E-state index contributed by atoms with van der Waals surface area (Å²) in [7, 11) is 3.15. The van der Waals surface area contributed by atoms with E-state index in [0.29, 0.717) is 22.1 Å². The predicted octanol–water partition coefficient (Wildman–Crippen LogP) is 3.75. The maximum atomic E-state index is 11.9. The molecule has 25 heavy (non-hydrogen) atoms. The van der Waals surface area contributed by atoms with Crippen molar-refractivity contribution < 1.29 is 14.3 Å². The Kier molecular flexibility index (Phi) is 4.67. The number of hydrogen-bond acceptors (Lipinski definition) is 5. The predicted molar refractivity (Wildman–Crippen MR) is 97.2 cm³/mol. The normalized spacial score (nSPS) is 10.5. The average Bonchev–Trinajstić information content (AvgIpc) is 2.99. The molecule has 1 aromatic heterocycles. The van der Waals surface area contributed by atoms with Gasteiger partial charge >= 0.3 is 0 Å². The summed E-state index contributed by atoms with van der Waals surface area (Å²) in [5.41, 5.74) is 1.58. The molecule has 1 heterocycles. The van der Waals surface area contributed by atoms with Crippen LogP contribution in [0.2, 0.25) is 0 Å². The number of para-hydroxylation sites is 1. The first-order valence-corrected chi connectivity index (χ1v) is 7.98. The molecule has 2 aromatic carbocycles. The summed E-state index contributed by atoms with van der Waals surface area (Å²) < 4.78 is 13.9. The molecule has 0 aliphatic carbocycles. The second-order valence-electron chi connectivity index (χ2n) is 5.28. The van der Waals surface area contributed by atoms with Gasteiger partial charge < -0.3 is 9.47 Å². The lowest BCUT2D eigenvalue weighted by molar-refractivity contribution is 0.0919. The molecule has 7 heteroatoms. The fourth-order valence-electron chi connectivity index (χ4n) is 2.54. The third kappa shape index (κ3) is 3.06. The topological polar surface area (TPSA) is 58.3 Å². The molecule has 6 nitrogen and oxygen atoms in total. The number of nitrogens with zero attached hydrogens (tertiary/aromatic N) is 3. The maximum absolute atomic E-state index is 11.9. The number of carbonyl (C=O) groups is 1. The van der Waals surface area contributed by atoms with E-state index < -0.39 is 0 Å². The number of aromatic nitrogens is 3. The van der Waals surface area contributed by atoms with Gasteiger partial charge in [-0.25, -0.2) is 0 Å². The van der Waals surface area contributed by atoms with E-state index >= 15 is 0 Å². The maximum Gasteiger partial charge on any atom is 0.246 e. The lowest BCUT2D eigenvalue weighted by Crippen LogP contribution is -2.08. The van der Waals surface area contributed by atoms with Gasteiger partial charge in [0.15, 0.2) is 17.3 Å². The smallest absolute Gasteiger partial charge is 0.246 e. The summed E-state index contributed by atoms with van der Waals surface area (Å²) in [5, 5.41) is 4.42. The Morgan fingerprint density at radius 1 is 1.04 bits per heavy atom. The van der Waals surface area contributed by atoms with Crippen LogP contribution >= 0.6 is 12.2 Å². The second kappa shape index (κ2) is 6.90.